The van der Waals surface area contributed by atoms with E-state index >= 15 is 0 Å². The first-order valence-electron chi connectivity index (χ1n) is 9.37. The van der Waals surface area contributed by atoms with Crippen molar-refractivity contribution in [3.05, 3.63) is 68.8 Å². The van der Waals surface area contributed by atoms with Gasteiger partial charge in [0.15, 0.2) is 0 Å². The molecule has 0 bridgehead atoms. The van der Waals surface area contributed by atoms with Gasteiger partial charge < -0.3 is 0 Å². The molecule has 4 heterocycles. The van der Waals surface area contributed by atoms with E-state index in [1.54, 1.807) is 0 Å². The Hall–Kier alpha value is -2.86. The van der Waals surface area contributed by atoms with Crippen molar-refractivity contribution in [3.8, 4) is 22.5 Å². The third kappa shape index (κ3) is 4.49. The van der Waals surface area contributed by atoms with Gasteiger partial charge in [-0.05, 0) is 38.1 Å². The summed E-state index contributed by atoms with van der Waals surface area (Å²) < 4.78 is 82.6. The summed E-state index contributed by atoms with van der Waals surface area (Å²) in [6.45, 7) is 3.02. The van der Waals surface area contributed by atoms with Crippen LogP contribution in [0.15, 0.2) is 49.1 Å². The number of pyridine rings is 2. The molecule has 0 unspecified atom stereocenters. The van der Waals surface area contributed by atoms with Crippen LogP contribution in [-0.2, 0) is 17.8 Å². The molecule has 4 aromatic heterocycles. The Balaban J connectivity index is 1.87. The molecule has 4 nitrogen and oxygen atoms in total. The molecule has 0 spiro atoms. The van der Waals surface area contributed by atoms with E-state index < -0.39 is 27.5 Å². The number of hydrogen-bond donors (Lipinski definition) is 0. The summed E-state index contributed by atoms with van der Waals surface area (Å²) in [5.41, 5.74) is -1.47. The highest BCUT2D eigenvalue weighted by Crippen LogP contribution is 2.48. The first kappa shape index (κ1) is 23.3. The van der Waals surface area contributed by atoms with Gasteiger partial charge >= 0.3 is 12.4 Å². The van der Waals surface area contributed by atoms with E-state index in [0.29, 0.717) is 22.7 Å². The minimum Gasteiger partial charge on any atom is -0.265 e. The summed E-state index contributed by atoms with van der Waals surface area (Å²) in [4.78, 5) is 14.2. The van der Waals surface area contributed by atoms with Crippen molar-refractivity contribution in [1.82, 2.24) is 19.9 Å². The quantitative estimate of drug-likeness (QED) is 0.281. The molecule has 0 N–H and O–H groups in total. The molecule has 0 amide bonds. The van der Waals surface area contributed by atoms with Gasteiger partial charge in [-0.15, -0.1) is 22.7 Å². The van der Waals surface area contributed by atoms with Crippen LogP contribution in [0.3, 0.4) is 0 Å². The maximum Gasteiger partial charge on any atom is 0.427 e. The van der Waals surface area contributed by atoms with E-state index in [1.165, 1.54) is 62.9 Å². The van der Waals surface area contributed by atoms with Gasteiger partial charge in [0.2, 0.25) is 0 Å². The summed E-state index contributed by atoms with van der Waals surface area (Å²) in [5, 5.41) is 0.00998. The Kier molecular flexibility index (Phi) is 5.77. The molecule has 4 aromatic rings. The molecule has 0 saturated heterocycles. The van der Waals surface area contributed by atoms with Crippen molar-refractivity contribution in [3.63, 3.8) is 0 Å². The molecule has 4 rings (SSSR count). The molecule has 0 fully saturated rings. The maximum absolute atomic E-state index is 13.8. The van der Waals surface area contributed by atoms with Crippen LogP contribution in [0.5, 0.6) is 0 Å². The number of alkyl halides is 6. The Morgan fingerprint density at radius 1 is 0.606 bits per heavy atom. The molecule has 0 aromatic carbocycles. The first-order valence-corrected chi connectivity index (χ1v) is 11.0. The van der Waals surface area contributed by atoms with Gasteiger partial charge in [0.25, 0.3) is 0 Å². The lowest BCUT2D eigenvalue weighted by atomic mass is 9.95. The molecule has 12 heteroatoms. The van der Waals surface area contributed by atoms with E-state index in [2.05, 4.69) is 19.9 Å². The van der Waals surface area contributed by atoms with Gasteiger partial charge in [-0.25, -0.2) is 9.97 Å². The molecule has 0 atom stereocenters. The van der Waals surface area contributed by atoms with Gasteiger partial charge in [0, 0.05) is 35.9 Å². The standard InChI is InChI=1S/C21H14F6N4S2/c1-19(2,17-30-13(11-3-7-28-8-4-11)15(32-17)20(22,23)24)18-31-14(12-5-9-29-10-6-12)16(33-18)21(25,26)27/h3-10H,1-2H3. The number of thiazole rings is 2. The molecule has 172 valence electrons. The van der Waals surface area contributed by atoms with Crippen LogP contribution in [0.2, 0.25) is 0 Å². The highest BCUT2D eigenvalue weighted by Gasteiger charge is 2.43. The first-order chi connectivity index (χ1) is 15.4. The Bertz CT molecular complexity index is 1160. The lowest BCUT2D eigenvalue weighted by molar-refractivity contribution is -0.134. The predicted molar refractivity (Wildman–Crippen MR) is 113 cm³/mol. The number of halogens is 6. The lowest BCUT2D eigenvalue weighted by Gasteiger charge is -2.18. The van der Waals surface area contributed by atoms with Crippen molar-refractivity contribution in [2.75, 3.05) is 0 Å². The van der Waals surface area contributed by atoms with Crippen LogP contribution in [0.1, 0.15) is 33.6 Å². The Morgan fingerprint density at radius 3 is 1.24 bits per heavy atom. The third-order valence-corrected chi connectivity index (χ3v) is 7.59. The molecule has 0 radical (unpaired) electrons. The van der Waals surface area contributed by atoms with Gasteiger partial charge in [-0.3, -0.25) is 9.97 Å². The fourth-order valence-corrected chi connectivity index (χ4v) is 5.24. The average Bonchev–Trinajstić information content (AvgIpc) is 3.41. The number of aromatic nitrogens is 4. The SMILES string of the molecule is CC(C)(c1nc(-c2ccncc2)c(C(F)(F)F)s1)c1nc(-c2ccncc2)c(C(F)(F)F)s1. The second-order valence-electron chi connectivity index (χ2n) is 7.49. The van der Waals surface area contributed by atoms with E-state index in [4.69, 9.17) is 0 Å². The topological polar surface area (TPSA) is 51.6 Å². The zero-order chi connectivity index (χ0) is 24.0. The summed E-state index contributed by atoms with van der Waals surface area (Å²) in [5.74, 6) is 0. The molecule has 33 heavy (non-hydrogen) atoms. The van der Waals surface area contributed by atoms with Crippen LogP contribution in [0.4, 0.5) is 26.3 Å². The number of hydrogen-bond acceptors (Lipinski definition) is 6. The monoisotopic (exact) mass is 500 g/mol. The smallest absolute Gasteiger partial charge is 0.265 e. The number of nitrogens with zero attached hydrogens (tertiary/aromatic N) is 4. The maximum atomic E-state index is 13.8. The highest BCUT2D eigenvalue weighted by molar-refractivity contribution is 7.14. The Labute approximate surface area is 192 Å². The molecule has 0 aliphatic rings. The predicted octanol–water partition coefficient (Wildman–Crippen LogP) is 7.09. The second-order valence-corrected chi connectivity index (χ2v) is 9.48. The van der Waals surface area contributed by atoms with Gasteiger partial charge in [0.1, 0.15) is 19.8 Å². The minimum absolute atomic E-state index is 0.00499. The van der Waals surface area contributed by atoms with Gasteiger partial charge in [-0.2, -0.15) is 26.3 Å². The third-order valence-electron chi connectivity index (χ3n) is 4.75. The normalized spacial score (nSPS) is 12.8. The van der Waals surface area contributed by atoms with Crippen LogP contribution < -0.4 is 0 Å². The fourth-order valence-electron chi connectivity index (χ4n) is 3.06. The zero-order valence-electron chi connectivity index (χ0n) is 17.0. The average molecular weight is 500 g/mol. The second kappa shape index (κ2) is 8.17. The van der Waals surface area contributed by atoms with Crippen molar-refractivity contribution >= 4 is 22.7 Å². The Morgan fingerprint density at radius 2 is 0.939 bits per heavy atom. The van der Waals surface area contributed by atoms with Gasteiger partial charge in [0.05, 0.1) is 16.8 Å². The van der Waals surface area contributed by atoms with Crippen LogP contribution in [-0.4, -0.2) is 19.9 Å². The molecule has 0 aliphatic heterocycles. The summed E-state index contributed by atoms with van der Waals surface area (Å²) >= 11 is 0.801. The van der Waals surface area contributed by atoms with E-state index in [9.17, 15) is 26.3 Å². The van der Waals surface area contributed by atoms with Gasteiger partial charge in [-0.1, -0.05) is 0 Å². The van der Waals surface area contributed by atoms with Crippen LogP contribution in [0, 0.1) is 0 Å². The van der Waals surface area contributed by atoms with Crippen molar-refractivity contribution in [2.45, 2.75) is 31.6 Å². The van der Waals surface area contributed by atoms with Crippen LogP contribution in [0.25, 0.3) is 22.5 Å². The van der Waals surface area contributed by atoms with Crippen LogP contribution >= 0.6 is 22.7 Å². The highest BCUT2D eigenvalue weighted by atomic mass is 32.1. The van der Waals surface area contributed by atoms with Crippen molar-refractivity contribution in [1.29, 1.82) is 0 Å². The summed E-state index contributed by atoms with van der Waals surface area (Å²) in [6.07, 6.45) is -4.00. The molecular weight excluding hydrogens is 486 g/mol. The van der Waals surface area contributed by atoms with E-state index in [1.807, 2.05) is 0 Å². The minimum atomic E-state index is -4.69. The number of rotatable bonds is 4. The molecule has 0 saturated carbocycles. The van der Waals surface area contributed by atoms with E-state index in [0.717, 1.165) is 0 Å². The fraction of sp³-hybridized carbons (Fsp3) is 0.238. The summed E-state index contributed by atoms with van der Waals surface area (Å²) in [7, 11) is 0. The van der Waals surface area contributed by atoms with E-state index in [-0.39, 0.29) is 32.5 Å². The largest absolute Gasteiger partial charge is 0.427 e. The van der Waals surface area contributed by atoms with Crippen molar-refractivity contribution in [2.24, 2.45) is 0 Å². The molecule has 0 aliphatic carbocycles. The lowest BCUT2D eigenvalue weighted by Crippen LogP contribution is -2.18. The zero-order valence-corrected chi connectivity index (χ0v) is 18.6. The summed E-state index contributed by atoms with van der Waals surface area (Å²) in [6, 6.07) is 5.59. The van der Waals surface area contributed by atoms with Crippen molar-refractivity contribution < 1.29 is 26.3 Å². The molecular formula is C21H14F6N4S2.